The van der Waals surface area contributed by atoms with Crippen molar-refractivity contribution < 1.29 is 18.8 Å². The lowest BCUT2D eigenvalue weighted by Gasteiger charge is -2.16. The van der Waals surface area contributed by atoms with E-state index in [0.29, 0.717) is 35.6 Å². The molecule has 0 bridgehead atoms. The number of hydrogen-bond donors (Lipinski definition) is 1. The zero-order chi connectivity index (χ0) is 27.1. The van der Waals surface area contributed by atoms with Crippen molar-refractivity contribution in [2.24, 2.45) is 0 Å². The van der Waals surface area contributed by atoms with E-state index in [1.807, 2.05) is 43.3 Å². The van der Waals surface area contributed by atoms with Crippen LogP contribution in [0, 0.1) is 15.9 Å². The second kappa shape index (κ2) is 9.76. The maximum atomic E-state index is 13.6. The van der Waals surface area contributed by atoms with E-state index in [0.717, 1.165) is 45.1 Å². The number of halogens is 1. The van der Waals surface area contributed by atoms with E-state index in [2.05, 4.69) is 15.4 Å². The third kappa shape index (κ3) is 4.42. The Morgan fingerprint density at radius 1 is 1.15 bits per heavy atom. The molecule has 9 nitrogen and oxygen atoms in total. The Balaban J connectivity index is 1.52. The Bertz CT molecular complexity index is 1790. The van der Waals surface area contributed by atoms with Crippen molar-refractivity contribution >= 4 is 43.9 Å². The van der Waals surface area contributed by atoms with E-state index in [1.165, 1.54) is 12.1 Å². The van der Waals surface area contributed by atoms with E-state index >= 15 is 0 Å². The number of amides is 1. The number of nitrogens with zero attached hydrogens (tertiary/aromatic N) is 4. The van der Waals surface area contributed by atoms with Crippen LogP contribution < -0.4 is 10.1 Å². The predicted octanol–water partition coefficient (Wildman–Crippen LogP) is 6.27. The van der Waals surface area contributed by atoms with Crippen molar-refractivity contribution in [2.75, 3.05) is 5.32 Å². The van der Waals surface area contributed by atoms with Gasteiger partial charge in [0.1, 0.15) is 24.4 Å². The third-order valence-corrected chi connectivity index (χ3v) is 7.37. The van der Waals surface area contributed by atoms with Crippen molar-refractivity contribution in [1.82, 2.24) is 14.8 Å². The van der Waals surface area contributed by atoms with Crippen molar-refractivity contribution in [3.05, 3.63) is 111 Å². The van der Waals surface area contributed by atoms with Gasteiger partial charge in [0, 0.05) is 28.2 Å². The number of fused-ring (bicyclic) bond motifs is 3. The Morgan fingerprint density at radius 3 is 2.69 bits per heavy atom. The largest absolute Gasteiger partial charge is 0.488 e. The summed E-state index contributed by atoms with van der Waals surface area (Å²) in [5.74, 6) is -0.166. The molecule has 1 aliphatic rings. The van der Waals surface area contributed by atoms with Crippen LogP contribution in [0.4, 0.5) is 14.5 Å². The summed E-state index contributed by atoms with van der Waals surface area (Å²) < 4.78 is 21.5. The minimum Gasteiger partial charge on any atom is -0.488 e. The smallest absolute Gasteiger partial charge is 0.345 e. The van der Waals surface area contributed by atoms with Crippen molar-refractivity contribution in [1.29, 1.82) is 0 Å². The number of carbonyl (C=O) groups excluding carboxylic acids is 1. The molecule has 0 atom stereocenters. The van der Waals surface area contributed by atoms with Crippen molar-refractivity contribution in [3.63, 3.8) is 0 Å². The quantitative estimate of drug-likeness (QED) is 0.159. The van der Waals surface area contributed by atoms with Crippen LogP contribution in [-0.4, -0.2) is 25.6 Å². The standard InChI is InChI=1S/C28H20FN5O4S/c1-2-20(27(35)32-28-30-14-25(39-28)34(36)37)26-21-6-4-3-5-16(21)15-38-24-12-23-17(11-22(24)26)13-31-33(23)19-9-7-18(29)8-10-19/h3-14H,2,15H2,1H3,(H,30,32,35)/b26-20+. The van der Waals surface area contributed by atoms with Crippen LogP contribution in [-0.2, 0) is 11.4 Å². The average molecular weight is 542 g/mol. The van der Waals surface area contributed by atoms with Gasteiger partial charge in [0.15, 0.2) is 5.13 Å². The summed E-state index contributed by atoms with van der Waals surface area (Å²) in [5.41, 5.74) is 5.16. The van der Waals surface area contributed by atoms with Gasteiger partial charge in [-0.25, -0.2) is 14.1 Å². The molecule has 0 spiro atoms. The number of hydrogen-bond acceptors (Lipinski definition) is 7. The van der Waals surface area contributed by atoms with Crippen LogP contribution in [0.15, 0.2) is 78.6 Å². The number of nitrogens with one attached hydrogen (secondary N) is 1. The SMILES string of the molecule is CC/C(C(=O)Nc1ncc([N+](=O)[O-])s1)=C1/c2ccccc2COc2cc3c(cnn3-c3ccc(F)cc3)cc21. The van der Waals surface area contributed by atoms with Crippen LogP contribution in [0.1, 0.15) is 30.0 Å². The molecule has 1 amide bonds. The first-order chi connectivity index (χ1) is 18.9. The van der Waals surface area contributed by atoms with E-state index in [1.54, 1.807) is 23.0 Å². The molecule has 1 N–H and O–H groups in total. The minimum atomic E-state index is -0.543. The molecule has 2 aromatic heterocycles. The Morgan fingerprint density at radius 2 is 1.95 bits per heavy atom. The summed E-state index contributed by atoms with van der Waals surface area (Å²) >= 11 is 0.799. The molecule has 0 unspecified atom stereocenters. The molecular weight excluding hydrogens is 521 g/mol. The fourth-order valence-corrected chi connectivity index (χ4v) is 5.33. The highest BCUT2D eigenvalue weighted by Crippen LogP contribution is 2.42. The monoisotopic (exact) mass is 541 g/mol. The van der Waals surface area contributed by atoms with Gasteiger partial charge in [0.25, 0.3) is 5.91 Å². The molecule has 3 heterocycles. The van der Waals surface area contributed by atoms with Gasteiger partial charge in [-0.3, -0.25) is 20.2 Å². The summed E-state index contributed by atoms with van der Waals surface area (Å²) in [5, 5.41) is 19.1. The van der Waals surface area contributed by atoms with Crippen molar-refractivity contribution in [3.8, 4) is 11.4 Å². The van der Waals surface area contributed by atoms with E-state index in [4.69, 9.17) is 4.74 Å². The first-order valence-electron chi connectivity index (χ1n) is 12.1. The van der Waals surface area contributed by atoms with Gasteiger partial charge in [0.05, 0.1) is 22.3 Å². The van der Waals surface area contributed by atoms with Gasteiger partial charge in [-0.1, -0.05) is 31.2 Å². The van der Waals surface area contributed by atoms with Crippen LogP contribution in [0.5, 0.6) is 5.75 Å². The summed E-state index contributed by atoms with van der Waals surface area (Å²) in [6.45, 7) is 2.17. The van der Waals surface area contributed by atoms with Gasteiger partial charge in [-0.05, 0) is 59.2 Å². The van der Waals surface area contributed by atoms with Gasteiger partial charge in [-0.2, -0.15) is 5.10 Å². The molecule has 5 aromatic rings. The van der Waals surface area contributed by atoms with E-state index < -0.39 is 10.8 Å². The zero-order valence-corrected chi connectivity index (χ0v) is 21.4. The summed E-state index contributed by atoms with van der Waals surface area (Å²) in [6, 6.07) is 17.6. The Kier molecular flexibility index (Phi) is 6.12. The molecular formula is C28H20FN5O4S. The first-order valence-corrected chi connectivity index (χ1v) is 12.9. The molecule has 1 aliphatic heterocycles. The fourth-order valence-electron chi connectivity index (χ4n) is 4.70. The topological polar surface area (TPSA) is 112 Å². The number of aromatic nitrogens is 3. The van der Waals surface area contributed by atoms with Crippen molar-refractivity contribution in [2.45, 2.75) is 20.0 Å². The minimum absolute atomic E-state index is 0.146. The number of ether oxygens (including phenoxy) is 1. The first kappa shape index (κ1) is 24.4. The lowest BCUT2D eigenvalue weighted by molar-refractivity contribution is -0.380. The predicted molar refractivity (Wildman–Crippen MR) is 146 cm³/mol. The Labute approximate surface area is 225 Å². The van der Waals surface area contributed by atoms with Gasteiger partial charge >= 0.3 is 5.00 Å². The Hall–Kier alpha value is -4.90. The van der Waals surface area contributed by atoms with Crippen LogP contribution in [0.25, 0.3) is 22.2 Å². The maximum absolute atomic E-state index is 13.6. The second-order valence-corrected chi connectivity index (χ2v) is 9.82. The average Bonchev–Trinajstić information content (AvgIpc) is 3.54. The lowest BCUT2D eigenvalue weighted by atomic mass is 9.88. The highest BCUT2D eigenvalue weighted by Gasteiger charge is 2.27. The highest BCUT2D eigenvalue weighted by atomic mass is 32.1. The van der Waals surface area contributed by atoms with Crippen LogP contribution in [0.3, 0.4) is 0 Å². The number of carbonyl (C=O) groups is 1. The normalized spacial score (nSPS) is 13.7. The second-order valence-electron chi connectivity index (χ2n) is 8.81. The third-order valence-electron chi connectivity index (χ3n) is 6.50. The number of benzene rings is 3. The molecule has 3 aromatic carbocycles. The number of rotatable bonds is 5. The number of anilines is 1. The number of nitro groups is 1. The highest BCUT2D eigenvalue weighted by molar-refractivity contribution is 7.18. The van der Waals surface area contributed by atoms with Gasteiger partial charge in [0.2, 0.25) is 0 Å². The molecule has 6 rings (SSSR count). The molecule has 39 heavy (non-hydrogen) atoms. The molecule has 0 radical (unpaired) electrons. The summed E-state index contributed by atoms with van der Waals surface area (Å²) in [7, 11) is 0. The number of thiazole rings is 1. The van der Waals surface area contributed by atoms with Crippen LogP contribution >= 0.6 is 11.3 Å². The molecule has 0 saturated carbocycles. The summed E-state index contributed by atoms with van der Waals surface area (Å²) in [6.07, 6.45) is 3.22. The molecule has 0 aliphatic carbocycles. The van der Waals surface area contributed by atoms with E-state index in [-0.39, 0.29) is 15.9 Å². The zero-order valence-electron chi connectivity index (χ0n) is 20.6. The molecule has 11 heteroatoms. The molecule has 0 fully saturated rings. The lowest BCUT2D eigenvalue weighted by Crippen LogP contribution is -2.16. The van der Waals surface area contributed by atoms with Gasteiger partial charge in [-0.15, -0.1) is 0 Å². The maximum Gasteiger partial charge on any atom is 0.345 e. The van der Waals surface area contributed by atoms with Crippen LogP contribution in [0.2, 0.25) is 0 Å². The van der Waals surface area contributed by atoms with Gasteiger partial charge < -0.3 is 4.74 Å². The fraction of sp³-hybridized carbons (Fsp3) is 0.107. The van der Waals surface area contributed by atoms with E-state index in [9.17, 15) is 19.3 Å². The summed E-state index contributed by atoms with van der Waals surface area (Å²) in [4.78, 5) is 28.1. The molecule has 194 valence electrons. The molecule has 0 saturated heterocycles.